The highest BCUT2D eigenvalue weighted by Crippen LogP contribution is 2.29. The molecule has 0 aliphatic carbocycles. The molecule has 0 spiro atoms. The second-order valence-corrected chi connectivity index (χ2v) is 10.4. The molecule has 7 nitrogen and oxygen atoms in total. The second kappa shape index (κ2) is 13.4. The molecule has 0 unspecified atom stereocenters. The number of hydrazone groups is 1. The van der Waals surface area contributed by atoms with Crippen LogP contribution < -0.4 is 15.5 Å². The zero-order valence-corrected chi connectivity index (χ0v) is 24.1. The third-order valence-corrected chi connectivity index (χ3v) is 6.74. The first-order valence-corrected chi connectivity index (χ1v) is 13.2. The highest BCUT2D eigenvalue weighted by molar-refractivity contribution is 14.1. The molecular formula is C27H24I2N4O3. The van der Waals surface area contributed by atoms with Crippen molar-refractivity contribution in [2.45, 2.75) is 33.3 Å². The van der Waals surface area contributed by atoms with Crippen molar-refractivity contribution in [2.75, 3.05) is 5.32 Å². The van der Waals surface area contributed by atoms with Gasteiger partial charge in [-0.3, -0.25) is 9.59 Å². The molecule has 0 atom stereocenters. The Balaban J connectivity index is 1.48. The van der Waals surface area contributed by atoms with Gasteiger partial charge in [-0.2, -0.15) is 10.4 Å². The number of hydrogen-bond acceptors (Lipinski definition) is 5. The van der Waals surface area contributed by atoms with Crippen LogP contribution in [0.25, 0.3) is 0 Å². The predicted octanol–water partition coefficient (Wildman–Crippen LogP) is 5.83. The van der Waals surface area contributed by atoms with Gasteiger partial charge in [-0.05, 0) is 112 Å². The minimum Gasteiger partial charge on any atom is -0.487 e. The van der Waals surface area contributed by atoms with E-state index in [-0.39, 0.29) is 24.7 Å². The van der Waals surface area contributed by atoms with Gasteiger partial charge in [-0.15, -0.1) is 0 Å². The van der Waals surface area contributed by atoms with Gasteiger partial charge in [-0.25, -0.2) is 5.43 Å². The van der Waals surface area contributed by atoms with Crippen LogP contribution in [0.1, 0.15) is 40.7 Å². The average molecular weight is 706 g/mol. The normalized spacial score (nSPS) is 10.6. The van der Waals surface area contributed by atoms with Crippen molar-refractivity contribution in [1.29, 1.82) is 5.26 Å². The Morgan fingerprint density at radius 1 is 1.00 bits per heavy atom. The molecule has 0 fully saturated rings. The van der Waals surface area contributed by atoms with Crippen LogP contribution in [-0.2, 0) is 16.2 Å². The first kappa shape index (κ1) is 27.6. The molecule has 0 aliphatic rings. The fourth-order valence-corrected chi connectivity index (χ4v) is 5.30. The summed E-state index contributed by atoms with van der Waals surface area (Å²) in [5.41, 5.74) is 7.64. The number of hydrogen-bond donors (Lipinski definition) is 2. The number of ether oxygens (including phenoxy) is 1. The first-order chi connectivity index (χ1) is 17.2. The largest absolute Gasteiger partial charge is 0.487 e. The summed E-state index contributed by atoms with van der Waals surface area (Å²) in [6.45, 7) is 4.27. The monoisotopic (exact) mass is 706 g/mol. The highest BCUT2D eigenvalue weighted by Gasteiger charge is 2.10. The van der Waals surface area contributed by atoms with E-state index in [1.165, 1.54) is 0 Å². The maximum absolute atomic E-state index is 12.2. The summed E-state index contributed by atoms with van der Waals surface area (Å²) < 4.78 is 7.80. The molecule has 36 heavy (non-hydrogen) atoms. The average Bonchev–Trinajstić information content (AvgIpc) is 2.85. The molecule has 0 aromatic heterocycles. The number of nitrogens with zero attached hydrogens (tertiary/aromatic N) is 2. The van der Waals surface area contributed by atoms with E-state index in [1.54, 1.807) is 18.3 Å². The smallest absolute Gasteiger partial charge is 0.240 e. The van der Waals surface area contributed by atoms with Crippen LogP contribution in [0, 0.1) is 32.3 Å². The summed E-state index contributed by atoms with van der Waals surface area (Å²) >= 11 is 4.40. The lowest BCUT2D eigenvalue weighted by Gasteiger charge is -2.11. The predicted molar refractivity (Wildman–Crippen MR) is 157 cm³/mol. The fourth-order valence-electron chi connectivity index (χ4n) is 3.17. The van der Waals surface area contributed by atoms with Crippen molar-refractivity contribution < 1.29 is 14.3 Å². The van der Waals surface area contributed by atoms with Crippen molar-refractivity contribution in [3.05, 3.63) is 89.6 Å². The third-order valence-electron chi connectivity index (χ3n) is 5.14. The maximum atomic E-state index is 12.2. The number of anilines is 1. The second-order valence-electron chi connectivity index (χ2n) is 8.07. The first-order valence-electron chi connectivity index (χ1n) is 11.0. The summed E-state index contributed by atoms with van der Waals surface area (Å²) in [5.74, 6) is 0.203. The number of carbonyl (C=O) groups is 2. The third kappa shape index (κ3) is 8.30. The Kier molecular flexibility index (Phi) is 10.2. The van der Waals surface area contributed by atoms with E-state index in [0.29, 0.717) is 12.2 Å². The molecule has 3 aromatic rings. The molecule has 0 saturated heterocycles. The van der Waals surface area contributed by atoms with Crippen LogP contribution in [0.3, 0.4) is 0 Å². The van der Waals surface area contributed by atoms with E-state index >= 15 is 0 Å². The number of rotatable bonds is 9. The van der Waals surface area contributed by atoms with E-state index in [9.17, 15) is 9.59 Å². The topological polar surface area (TPSA) is 104 Å². The summed E-state index contributed by atoms with van der Waals surface area (Å²) in [6, 6.07) is 19.0. The molecule has 0 bridgehead atoms. The molecule has 3 aromatic carbocycles. The Bertz CT molecular complexity index is 1310. The van der Waals surface area contributed by atoms with Crippen molar-refractivity contribution in [3.63, 3.8) is 0 Å². The lowest BCUT2D eigenvalue weighted by Crippen LogP contribution is -2.21. The molecular weight excluding hydrogens is 682 g/mol. The van der Waals surface area contributed by atoms with Gasteiger partial charge in [0, 0.05) is 18.5 Å². The Labute approximate surface area is 237 Å². The van der Waals surface area contributed by atoms with E-state index in [0.717, 1.165) is 40.8 Å². The van der Waals surface area contributed by atoms with Crippen molar-refractivity contribution >= 4 is 68.9 Å². The Morgan fingerprint density at radius 3 is 2.33 bits per heavy atom. The van der Waals surface area contributed by atoms with E-state index in [4.69, 9.17) is 10.00 Å². The van der Waals surface area contributed by atoms with Gasteiger partial charge in [0.15, 0.2) is 0 Å². The van der Waals surface area contributed by atoms with Crippen LogP contribution in [-0.4, -0.2) is 18.0 Å². The molecule has 184 valence electrons. The number of aryl methyl sites for hydroxylation is 2. The maximum Gasteiger partial charge on any atom is 0.240 e. The Morgan fingerprint density at radius 2 is 1.67 bits per heavy atom. The van der Waals surface area contributed by atoms with Crippen molar-refractivity contribution in [3.8, 4) is 11.8 Å². The summed E-state index contributed by atoms with van der Waals surface area (Å²) in [7, 11) is 0. The number of benzene rings is 3. The molecule has 3 rings (SSSR count). The van der Waals surface area contributed by atoms with Crippen LogP contribution in [0.4, 0.5) is 5.69 Å². The number of nitriles is 1. The van der Waals surface area contributed by atoms with Gasteiger partial charge in [0.05, 0.1) is 25.0 Å². The van der Waals surface area contributed by atoms with Gasteiger partial charge < -0.3 is 10.1 Å². The summed E-state index contributed by atoms with van der Waals surface area (Å²) in [6.07, 6.45) is 1.66. The van der Waals surface area contributed by atoms with Crippen LogP contribution in [0.15, 0.2) is 59.7 Å². The number of nitrogens with one attached hydrogen (secondary N) is 2. The van der Waals surface area contributed by atoms with Gasteiger partial charge in [0.2, 0.25) is 11.8 Å². The summed E-state index contributed by atoms with van der Waals surface area (Å²) in [5, 5.41) is 15.8. The number of halogens is 2. The molecule has 0 saturated carbocycles. The molecule has 0 aliphatic heterocycles. The molecule has 9 heteroatoms. The lowest BCUT2D eigenvalue weighted by atomic mass is 10.1. The zero-order chi connectivity index (χ0) is 26.1. The minimum absolute atomic E-state index is 0.0330. The zero-order valence-electron chi connectivity index (χ0n) is 19.8. The standard InChI is InChI=1S/C27H24I2N4O3/c1-17-3-4-18(2)24(11-17)32-25(34)9-10-26(35)33-31-15-21-12-22(28)27(23(29)13-21)36-16-20-7-5-19(14-30)6-8-20/h3-8,11-13,15H,9-10,16H2,1-2H3,(H,32,34)(H,33,35). The van der Waals surface area contributed by atoms with E-state index < -0.39 is 0 Å². The molecule has 0 heterocycles. The van der Waals surface area contributed by atoms with Crippen LogP contribution >= 0.6 is 45.2 Å². The van der Waals surface area contributed by atoms with Crippen molar-refractivity contribution in [2.24, 2.45) is 5.10 Å². The molecule has 2 amide bonds. The van der Waals surface area contributed by atoms with E-state index in [2.05, 4.69) is 67.1 Å². The summed E-state index contributed by atoms with van der Waals surface area (Å²) in [4.78, 5) is 24.3. The van der Waals surface area contributed by atoms with Gasteiger partial charge in [-0.1, -0.05) is 24.3 Å². The minimum atomic E-state index is -0.339. The quantitative estimate of drug-likeness (QED) is 0.166. The SMILES string of the molecule is Cc1ccc(C)c(NC(=O)CCC(=O)NN=Cc2cc(I)c(OCc3ccc(C#N)cc3)c(I)c2)c1. The molecule has 2 N–H and O–H groups in total. The number of carbonyl (C=O) groups excluding carboxylic acids is 2. The lowest BCUT2D eigenvalue weighted by molar-refractivity contribution is -0.124. The number of amides is 2. The van der Waals surface area contributed by atoms with E-state index in [1.807, 2.05) is 56.3 Å². The van der Waals surface area contributed by atoms with Gasteiger partial charge in [0.25, 0.3) is 0 Å². The molecule has 0 radical (unpaired) electrons. The van der Waals surface area contributed by atoms with Gasteiger partial charge >= 0.3 is 0 Å². The van der Waals surface area contributed by atoms with Crippen LogP contribution in [0.5, 0.6) is 5.75 Å². The highest BCUT2D eigenvalue weighted by atomic mass is 127. The fraction of sp³-hybridized carbons (Fsp3) is 0.185. The van der Waals surface area contributed by atoms with Gasteiger partial charge in [0.1, 0.15) is 12.4 Å². The van der Waals surface area contributed by atoms with Crippen LogP contribution in [0.2, 0.25) is 0 Å². The van der Waals surface area contributed by atoms with Crippen molar-refractivity contribution in [1.82, 2.24) is 5.43 Å². The Hall–Kier alpha value is -2.98.